The van der Waals surface area contributed by atoms with Gasteiger partial charge in [-0.3, -0.25) is 4.79 Å². The van der Waals surface area contributed by atoms with E-state index in [2.05, 4.69) is 5.32 Å². The molecule has 1 amide bonds. The summed E-state index contributed by atoms with van der Waals surface area (Å²) in [6, 6.07) is 4.27. The van der Waals surface area contributed by atoms with Crippen LogP contribution in [0.15, 0.2) is 18.2 Å². The third-order valence-corrected chi connectivity index (χ3v) is 2.43. The molecule has 0 aliphatic rings. The Hall–Kier alpha value is -1.59. The Morgan fingerprint density at radius 3 is 2.56 bits per heavy atom. The summed E-state index contributed by atoms with van der Waals surface area (Å²) in [5, 5.41) is 11.6. The molecule has 1 rings (SSSR count). The third kappa shape index (κ3) is 4.35. The topological polar surface area (TPSA) is 92.4 Å². The molecule has 18 heavy (non-hydrogen) atoms. The summed E-state index contributed by atoms with van der Waals surface area (Å²) in [6.07, 6.45) is 0.137. The van der Waals surface area contributed by atoms with Crippen molar-refractivity contribution in [3.8, 4) is 0 Å². The molecule has 98 valence electrons. The average molecular weight is 271 g/mol. The maximum atomic E-state index is 11.6. The van der Waals surface area contributed by atoms with Crippen molar-refractivity contribution in [3.63, 3.8) is 0 Å². The van der Waals surface area contributed by atoms with Crippen molar-refractivity contribution in [2.75, 3.05) is 5.32 Å². The molecule has 1 aromatic rings. The second-order valence-corrected chi connectivity index (χ2v) is 5.12. The fourth-order valence-electron chi connectivity index (χ4n) is 1.39. The Morgan fingerprint density at radius 2 is 2.06 bits per heavy atom. The zero-order valence-corrected chi connectivity index (χ0v) is 10.9. The van der Waals surface area contributed by atoms with Gasteiger partial charge in [-0.25, -0.2) is 4.79 Å². The molecule has 0 aliphatic heterocycles. The summed E-state index contributed by atoms with van der Waals surface area (Å²) in [5.41, 5.74) is 5.42. The number of rotatable bonds is 4. The van der Waals surface area contributed by atoms with E-state index in [9.17, 15) is 9.59 Å². The molecular weight excluding hydrogens is 256 g/mol. The largest absolute Gasteiger partial charge is 0.478 e. The van der Waals surface area contributed by atoms with Gasteiger partial charge in [-0.15, -0.1) is 0 Å². The van der Waals surface area contributed by atoms with Crippen molar-refractivity contribution < 1.29 is 14.7 Å². The molecular formula is C12H15ClN2O3. The first kappa shape index (κ1) is 14.5. The van der Waals surface area contributed by atoms with Gasteiger partial charge >= 0.3 is 5.97 Å². The molecule has 0 heterocycles. The van der Waals surface area contributed by atoms with E-state index in [0.717, 1.165) is 0 Å². The van der Waals surface area contributed by atoms with E-state index in [0.29, 0.717) is 5.69 Å². The number of carboxylic acids is 1. The maximum Gasteiger partial charge on any atom is 0.337 e. The SMILES string of the molecule is CC(C)(N)CC(=O)Nc1ccc(Cl)c(C(=O)O)c1. The van der Waals surface area contributed by atoms with Crippen LogP contribution in [0.25, 0.3) is 0 Å². The predicted octanol–water partition coefficient (Wildman–Crippen LogP) is 2.10. The Bertz CT molecular complexity index is 481. The number of anilines is 1. The lowest BCUT2D eigenvalue weighted by molar-refractivity contribution is -0.117. The number of carbonyl (C=O) groups is 2. The highest BCUT2D eigenvalue weighted by Crippen LogP contribution is 2.21. The Balaban J connectivity index is 2.83. The van der Waals surface area contributed by atoms with Gasteiger partial charge in [-0.2, -0.15) is 0 Å². The van der Waals surface area contributed by atoms with Gasteiger partial charge in [-0.1, -0.05) is 11.6 Å². The number of benzene rings is 1. The van der Waals surface area contributed by atoms with Crippen molar-refractivity contribution in [3.05, 3.63) is 28.8 Å². The van der Waals surface area contributed by atoms with E-state index in [1.54, 1.807) is 13.8 Å². The zero-order chi connectivity index (χ0) is 13.9. The van der Waals surface area contributed by atoms with Crippen molar-refractivity contribution in [2.45, 2.75) is 25.8 Å². The first-order valence-corrected chi connectivity index (χ1v) is 5.68. The van der Waals surface area contributed by atoms with Crippen LogP contribution in [0.1, 0.15) is 30.6 Å². The lowest BCUT2D eigenvalue weighted by atomic mass is 10.0. The summed E-state index contributed by atoms with van der Waals surface area (Å²) in [6.45, 7) is 3.47. The van der Waals surface area contributed by atoms with E-state index in [1.807, 2.05) is 0 Å². The fourth-order valence-corrected chi connectivity index (χ4v) is 1.58. The number of hydrogen-bond donors (Lipinski definition) is 3. The normalized spacial score (nSPS) is 11.1. The van der Waals surface area contributed by atoms with Crippen LogP contribution in [0.3, 0.4) is 0 Å². The Morgan fingerprint density at radius 1 is 1.44 bits per heavy atom. The summed E-state index contributed by atoms with van der Waals surface area (Å²) in [5.74, 6) is -1.42. The smallest absolute Gasteiger partial charge is 0.337 e. The monoisotopic (exact) mass is 270 g/mol. The highest BCUT2D eigenvalue weighted by atomic mass is 35.5. The van der Waals surface area contributed by atoms with E-state index in [-0.39, 0.29) is 22.9 Å². The summed E-state index contributed by atoms with van der Waals surface area (Å²) in [4.78, 5) is 22.5. The van der Waals surface area contributed by atoms with E-state index in [4.69, 9.17) is 22.4 Å². The van der Waals surface area contributed by atoms with Crippen LogP contribution in [0.2, 0.25) is 5.02 Å². The number of hydrogen-bond acceptors (Lipinski definition) is 3. The molecule has 5 nitrogen and oxygen atoms in total. The Kier molecular flexibility index (Phi) is 4.32. The molecule has 6 heteroatoms. The minimum Gasteiger partial charge on any atom is -0.478 e. The van der Waals surface area contributed by atoms with E-state index < -0.39 is 11.5 Å². The quantitative estimate of drug-likeness (QED) is 0.781. The standard InChI is InChI=1S/C12H15ClN2O3/c1-12(2,14)6-10(16)15-7-3-4-9(13)8(5-7)11(17)18/h3-5H,6,14H2,1-2H3,(H,15,16)(H,17,18). The fraction of sp³-hybridized carbons (Fsp3) is 0.333. The van der Waals surface area contributed by atoms with Crippen molar-refractivity contribution >= 4 is 29.2 Å². The molecule has 0 radical (unpaired) electrons. The van der Waals surface area contributed by atoms with E-state index in [1.165, 1.54) is 18.2 Å². The second kappa shape index (κ2) is 5.37. The van der Waals surface area contributed by atoms with Gasteiger partial charge in [0.1, 0.15) is 0 Å². The molecule has 0 saturated heterocycles. The molecule has 0 bridgehead atoms. The van der Waals surface area contributed by atoms with E-state index >= 15 is 0 Å². The van der Waals surface area contributed by atoms with Gasteiger partial charge in [0.25, 0.3) is 0 Å². The van der Waals surface area contributed by atoms with Gasteiger partial charge in [0.2, 0.25) is 5.91 Å². The van der Waals surface area contributed by atoms with Crippen LogP contribution >= 0.6 is 11.6 Å². The maximum absolute atomic E-state index is 11.6. The number of nitrogens with two attached hydrogens (primary N) is 1. The molecule has 0 unspecified atom stereocenters. The molecule has 1 aromatic carbocycles. The molecule has 0 saturated carbocycles. The van der Waals surface area contributed by atoms with Crippen LogP contribution in [-0.4, -0.2) is 22.5 Å². The van der Waals surface area contributed by atoms with Crippen LogP contribution < -0.4 is 11.1 Å². The predicted molar refractivity (Wildman–Crippen MR) is 69.9 cm³/mol. The lowest BCUT2D eigenvalue weighted by Crippen LogP contribution is -2.36. The number of carbonyl (C=O) groups excluding carboxylic acids is 1. The third-order valence-electron chi connectivity index (χ3n) is 2.10. The van der Waals surface area contributed by atoms with Crippen molar-refractivity contribution in [2.24, 2.45) is 5.73 Å². The number of halogens is 1. The van der Waals surface area contributed by atoms with Crippen molar-refractivity contribution in [1.82, 2.24) is 0 Å². The molecule has 0 spiro atoms. The summed E-state index contributed by atoms with van der Waals surface area (Å²) < 4.78 is 0. The summed E-state index contributed by atoms with van der Waals surface area (Å²) in [7, 11) is 0. The van der Waals surface area contributed by atoms with Gasteiger partial charge in [0, 0.05) is 17.6 Å². The Labute approximate surface area is 110 Å². The minimum absolute atomic E-state index is 0.0542. The number of carboxylic acid groups (broad SMARTS) is 1. The lowest BCUT2D eigenvalue weighted by Gasteiger charge is -2.17. The number of amides is 1. The van der Waals surface area contributed by atoms with Gasteiger partial charge < -0.3 is 16.2 Å². The van der Waals surface area contributed by atoms with Gasteiger partial charge in [0.15, 0.2) is 0 Å². The van der Waals surface area contributed by atoms with Crippen LogP contribution in [0.5, 0.6) is 0 Å². The van der Waals surface area contributed by atoms with Crippen LogP contribution in [0.4, 0.5) is 5.69 Å². The summed E-state index contributed by atoms with van der Waals surface area (Å²) >= 11 is 5.72. The molecule has 0 aromatic heterocycles. The first-order valence-electron chi connectivity index (χ1n) is 5.30. The number of nitrogens with one attached hydrogen (secondary N) is 1. The molecule has 0 atom stereocenters. The second-order valence-electron chi connectivity index (χ2n) is 4.71. The van der Waals surface area contributed by atoms with Crippen LogP contribution in [-0.2, 0) is 4.79 Å². The van der Waals surface area contributed by atoms with Crippen LogP contribution in [0, 0.1) is 0 Å². The number of aromatic carboxylic acids is 1. The zero-order valence-electron chi connectivity index (χ0n) is 10.2. The molecule has 0 fully saturated rings. The van der Waals surface area contributed by atoms with Crippen molar-refractivity contribution in [1.29, 1.82) is 0 Å². The molecule has 0 aliphatic carbocycles. The highest BCUT2D eigenvalue weighted by molar-refractivity contribution is 6.33. The first-order chi connectivity index (χ1) is 8.19. The average Bonchev–Trinajstić information content (AvgIpc) is 2.17. The molecule has 4 N–H and O–H groups in total. The van der Waals surface area contributed by atoms with Gasteiger partial charge in [-0.05, 0) is 32.0 Å². The highest BCUT2D eigenvalue weighted by Gasteiger charge is 2.17. The van der Waals surface area contributed by atoms with Gasteiger partial charge in [0.05, 0.1) is 10.6 Å². The minimum atomic E-state index is -1.14.